The zero-order valence-electron chi connectivity index (χ0n) is 12.3. The molecule has 1 aliphatic heterocycles. The van der Waals surface area contributed by atoms with Crippen LogP contribution >= 0.6 is 35.6 Å². The monoisotopic (exact) mass is 388 g/mol. The van der Waals surface area contributed by atoms with Gasteiger partial charge in [-0.05, 0) is 18.2 Å². The Kier molecular flexibility index (Phi) is 6.41. The van der Waals surface area contributed by atoms with Crippen molar-refractivity contribution in [2.75, 3.05) is 25.4 Å². The van der Waals surface area contributed by atoms with Crippen LogP contribution in [-0.2, 0) is 14.3 Å². The molecule has 1 saturated heterocycles. The highest BCUT2D eigenvalue weighted by Gasteiger charge is 2.26. The van der Waals surface area contributed by atoms with Crippen molar-refractivity contribution in [2.24, 2.45) is 0 Å². The summed E-state index contributed by atoms with van der Waals surface area (Å²) in [7, 11) is 0. The van der Waals surface area contributed by atoms with Gasteiger partial charge in [0.2, 0.25) is 5.91 Å². The van der Waals surface area contributed by atoms with E-state index in [0.29, 0.717) is 10.1 Å². The van der Waals surface area contributed by atoms with Gasteiger partial charge in [0.05, 0.1) is 5.75 Å². The molecule has 0 aliphatic carbocycles. The predicted molar refractivity (Wildman–Crippen MR) is 93.2 cm³/mol. The van der Waals surface area contributed by atoms with Crippen LogP contribution in [0.4, 0.5) is 0 Å². The van der Waals surface area contributed by atoms with E-state index >= 15 is 0 Å². The van der Waals surface area contributed by atoms with E-state index in [1.54, 1.807) is 0 Å². The maximum atomic E-state index is 11.8. The minimum Gasteiger partial charge on any atom is -0.507 e. The number of benzene rings is 1. The Balaban J connectivity index is 1.75. The molecule has 10 heteroatoms. The van der Waals surface area contributed by atoms with Crippen LogP contribution in [0.2, 0.25) is 5.02 Å². The maximum Gasteiger partial charge on any atom is 0.342 e. The number of amides is 2. The summed E-state index contributed by atoms with van der Waals surface area (Å²) in [6.45, 7) is -0.0669. The van der Waals surface area contributed by atoms with Crippen LogP contribution in [0.5, 0.6) is 5.75 Å². The van der Waals surface area contributed by atoms with Gasteiger partial charge in [-0.1, -0.05) is 35.6 Å². The Bertz CT molecular complexity index is 682. The van der Waals surface area contributed by atoms with Crippen molar-refractivity contribution in [3.05, 3.63) is 28.8 Å². The van der Waals surface area contributed by atoms with Crippen molar-refractivity contribution < 1.29 is 24.2 Å². The summed E-state index contributed by atoms with van der Waals surface area (Å²) >= 11 is 12.0. The van der Waals surface area contributed by atoms with Gasteiger partial charge in [-0.2, -0.15) is 0 Å². The van der Waals surface area contributed by atoms with Crippen LogP contribution < -0.4 is 5.32 Å². The summed E-state index contributed by atoms with van der Waals surface area (Å²) in [5.74, 6) is -1.47. The first-order chi connectivity index (χ1) is 11.4. The number of aromatic hydroxyl groups is 1. The molecule has 0 saturated carbocycles. The summed E-state index contributed by atoms with van der Waals surface area (Å²) in [6.07, 6.45) is 0. The lowest BCUT2D eigenvalue weighted by Crippen LogP contribution is -2.38. The molecule has 0 bridgehead atoms. The number of carbonyl (C=O) groups excluding carboxylic acids is 3. The molecule has 1 heterocycles. The molecule has 1 fully saturated rings. The Labute approximate surface area is 152 Å². The molecule has 2 rings (SSSR count). The summed E-state index contributed by atoms with van der Waals surface area (Å²) in [4.78, 5) is 36.4. The number of nitrogens with one attached hydrogen (secondary N) is 1. The number of nitrogens with zero attached hydrogens (tertiary/aromatic N) is 1. The van der Waals surface area contributed by atoms with Crippen molar-refractivity contribution in [1.29, 1.82) is 0 Å². The number of phenolic OH excluding ortho intramolecular Hbond substituents is 1. The molecule has 128 valence electrons. The SMILES string of the molecule is O=C(COC(=O)c1cc(Cl)ccc1O)NCCN1C(=O)CSC1=S. The van der Waals surface area contributed by atoms with E-state index in [2.05, 4.69) is 5.32 Å². The molecule has 0 atom stereocenters. The Hall–Kier alpha value is -1.84. The second kappa shape index (κ2) is 8.32. The number of thiocarbonyl (C=S) groups is 1. The third-order valence-corrected chi connectivity index (χ3v) is 4.68. The van der Waals surface area contributed by atoms with E-state index in [1.165, 1.54) is 34.9 Å². The average molecular weight is 389 g/mol. The van der Waals surface area contributed by atoms with Gasteiger partial charge >= 0.3 is 5.97 Å². The van der Waals surface area contributed by atoms with E-state index in [-0.39, 0.29) is 35.3 Å². The predicted octanol–water partition coefficient (Wildman–Crippen LogP) is 1.18. The molecule has 0 spiro atoms. The highest BCUT2D eigenvalue weighted by Crippen LogP contribution is 2.22. The fourth-order valence-electron chi connectivity index (χ4n) is 1.84. The highest BCUT2D eigenvalue weighted by molar-refractivity contribution is 8.23. The molecule has 2 N–H and O–H groups in total. The fourth-order valence-corrected chi connectivity index (χ4v) is 3.13. The number of halogens is 1. The fraction of sp³-hybridized carbons (Fsp3) is 0.286. The first-order valence-electron chi connectivity index (χ1n) is 6.78. The van der Waals surface area contributed by atoms with Crippen LogP contribution in [0.3, 0.4) is 0 Å². The largest absolute Gasteiger partial charge is 0.507 e. The number of hydrogen-bond acceptors (Lipinski definition) is 7. The van der Waals surface area contributed by atoms with Crippen molar-refractivity contribution >= 4 is 57.7 Å². The molecule has 0 unspecified atom stereocenters. The second-order valence-electron chi connectivity index (χ2n) is 4.69. The average Bonchev–Trinajstić information content (AvgIpc) is 2.86. The minimum atomic E-state index is -0.863. The lowest BCUT2D eigenvalue weighted by Gasteiger charge is -2.15. The normalized spacial score (nSPS) is 14.0. The number of esters is 1. The lowest BCUT2D eigenvalue weighted by molar-refractivity contribution is -0.126. The van der Waals surface area contributed by atoms with Crippen molar-refractivity contribution in [3.63, 3.8) is 0 Å². The van der Waals surface area contributed by atoms with Crippen molar-refractivity contribution in [3.8, 4) is 5.75 Å². The summed E-state index contributed by atoms with van der Waals surface area (Å²) in [5.41, 5.74) is -0.125. The van der Waals surface area contributed by atoms with E-state index in [4.69, 9.17) is 28.6 Å². The van der Waals surface area contributed by atoms with E-state index < -0.39 is 18.5 Å². The van der Waals surface area contributed by atoms with Crippen LogP contribution in [-0.4, -0.2) is 57.6 Å². The number of carbonyl (C=O) groups is 3. The van der Waals surface area contributed by atoms with Gasteiger partial charge in [-0.3, -0.25) is 14.5 Å². The Morgan fingerprint density at radius 2 is 2.21 bits per heavy atom. The molecule has 0 radical (unpaired) electrons. The van der Waals surface area contributed by atoms with Crippen molar-refractivity contribution in [1.82, 2.24) is 10.2 Å². The zero-order chi connectivity index (χ0) is 17.7. The first-order valence-corrected chi connectivity index (χ1v) is 8.55. The number of hydrogen-bond donors (Lipinski definition) is 2. The third-order valence-electron chi connectivity index (χ3n) is 3.01. The van der Waals surface area contributed by atoms with Gasteiger partial charge in [-0.25, -0.2) is 4.79 Å². The topological polar surface area (TPSA) is 95.9 Å². The lowest BCUT2D eigenvalue weighted by atomic mass is 10.2. The Morgan fingerprint density at radius 1 is 1.46 bits per heavy atom. The van der Waals surface area contributed by atoms with E-state index in [9.17, 15) is 19.5 Å². The second-order valence-corrected chi connectivity index (χ2v) is 6.73. The first kappa shape index (κ1) is 18.5. The summed E-state index contributed by atoms with van der Waals surface area (Å²) in [5, 5.41) is 12.3. The molecule has 0 aromatic heterocycles. The number of phenols is 1. The molecular weight excluding hydrogens is 376 g/mol. The number of thioether (sulfide) groups is 1. The molecule has 1 aromatic carbocycles. The Morgan fingerprint density at radius 3 is 2.88 bits per heavy atom. The molecule has 7 nitrogen and oxygen atoms in total. The van der Waals surface area contributed by atoms with Gasteiger partial charge in [0.1, 0.15) is 15.6 Å². The molecule has 24 heavy (non-hydrogen) atoms. The number of rotatable bonds is 6. The number of ether oxygens (including phenoxy) is 1. The van der Waals surface area contributed by atoms with Crippen LogP contribution in [0.1, 0.15) is 10.4 Å². The highest BCUT2D eigenvalue weighted by atomic mass is 35.5. The zero-order valence-corrected chi connectivity index (χ0v) is 14.7. The quantitative estimate of drug-likeness (QED) is 0.558. The molecule has 1 aliphatic rings. The minimum absolute atomic E-state index is 0.0953. The maximum absolute atomic E-state index is 11.8. The molecular formula is C14H13ClN2O5S2. The molecule has 2 amide bonds. The molecule has 1 aromatic rings. The standard InChI is InChI=1S/C14H13ClN2O5S2/c15-8-1-2-10(18)9(5-8)13(21)22-6-11(19)16-3-4-17-12(20)7-24-14(17)23/h1-2,5,18H,3-4,6-7H2,(H,16,19). The van der Waals surface area contributed by atoms with Gasteiger partial charge < -0.3 is 15.2 Å². The third kappa shape index (κ3) is 4.83. The van der Waals surface area contributed by atoms with E-state index in [0.717, 1.165) is 0 Å². The van der Waals surface area contributed by atoms with Gasteiger partial charge in [0.25, 0.3) is 5.91 Å². The summed E-state index contributed by atoms with van der Waals surface area (Å²) < 4.78 is 5.29. The van der Waals surface area contributed by atoms with Crippen molar-refractivity contribution in [2.45, 2.75) is 0 Å². The van der Waals surface area contributed by atoms with Crippen LogP contribution in [0.25, 0.3) is 0 Å². The van der Waals surface area contributed by atoms with Crippen LogP contribution in [0.15, 0.2) is 18.2 Å². The summed E-state index contributed by atoms with van der Waals surface area (Å²) in [6, 6.07) is 3.92. The van der Waals surface area contributed by atoms with Crippen LogP contribution in [0, 0.1) is 0 Å². The van der Waals surface area contributed by atoms with Gasteiger partial charge in [-0.15, -0.1) is 0 Å². The van der Waals surface area contributed by atoms with Gasteiger partial charge in [0, 0.05) is 18.1 Å². The smallest absolute Gasteiger partial charge is 0.342 e. The van der Waals surface area contributed by atoms with E-state index in [1.807, 2.05) is 0 Å². The van der Waals surface area contributed by atoms with Gasteiger partial charge in [0.15, 0.2) is 6.61 Å².